The Kier molecular flexibility index (Phi) is 16.4. The van der Waals surface area contributed by atoms with E-state index in [0.29, 0.717) is 18.3 Å². The van der Waals surface area contributed by atoms with Crippen LogP contribution in [-0.4, -0.2) is 203 Å². The molecule has 0 aromatic carbocycles. The Morgan fingerprint density at radius 2 is 1.09 bits per heavy atom. The van der Waals surface area contributed by atoms with Crippen molar-refractivity contribution in [1.29, 1.82) is 0 Å². The van der Waals surface area contributed by atoms with Crippen LogP contribution in [0.25, 0.3) is 0 Å². The maximum Gasteiger partial charge on any atom is 0.187 e. The molecule has 4 saturated carbocycles. The first kappa shape index (κ1) is 53.8. The van der Waals surface area contributed by atoms with E-state index in [1.807, 2.05) is 13.8 Å². The van der Waals surface area contributed by atoms with Crippen LogP contribution in [0.15, 0.2) is 11.6 Å². The maximum absolute atomic E-state index is 11.7. The van der Waals surface area contributed by atoms with Crippen molar-refractivity contribution in [2.75, 3.05) is 26.4 Å². The summed E-state index contributed by atoms with van der Waals surface area (Å²) in [5, 5.41) is 140. The topological polar surface area (TPSA) is 318 Å². The van der Waals surface area contributed by atoms with Crippen LogP contribution in [0.1, 0.15) is 99.8 Å². The second kappa shape index (κ2) is 20.5. The van der Waals surface area contributed by atoms with E-state index in [2.05, 4.69) is 34.6 Å². The molecule has 19 nitrogen and oxygen atoms in total. The molecule has 3 aliphatic heterocycles. The number of aliphatic hydroxyl groups excluding tert-OH is 13. The molecule has 7 fully saturated rings. The third kappa shape index (κ3) is 9.24. The molecule has 26 atom stereocenters. The highest BCUT2D eigenvalue weighted by atomic mass is 16.8. The average Bonchev–Trinajstić information content (AvgIpc) is 3.56. The summed E-state index contributed by atoms with van der Waals surface area (Å²) < 4.78 is 37.0. The molecule has 388 valence electrons. The molecule has 67 heavy (non-hydrogen) atoms. The van der Waals surface area contributed by atoms with Gasteiger partial charge in [0.1, 0.15) is 73.2 Å². The highest BCUT2D eigenvalue weighted by molar-refractivity contribution is 5.18. The molecule has 0 radical (unpaired) electrons. The van der Waals surface area contributed by atoms with Crippen LogP contribution < -0.4 is 0 Å². The van der Waals surface area contributed by atoms with Gasteiger partial charge in [0.05, 0.1) is 38.1 Å². The van der Waals surface area contributed by atoms with Gasteiger partial charge in [0.25, 0.3) is 0 Å². The Balaban J connectivity index is 1.15. The van der Waals surface area contributed by atoms with E-state index in [-0.39, 0.29) is 34.7 Å². The molecule has 0 amide bonds. The first-order valence-electron chi connectivity index (χ1n) is 24.6. The van der Waals surface area contributed by atoms with Gasteiger partial charge >= 0.3 is 0 Å². The first-order chi connectivity index (χ1) is 31.4. The summed E-state index contributed by atoms with van der Waals surface area (Å²) in [7, 11) is 0. The predicted octanol–water partition coefficient (Wildman–Crippen LogP) is -1.20. The summed E-state index contributed by atoms with van der Waals surface area (Å²) in [6.07, 6.45) is -19.4. The molecule has 3 saturated heterocycles. The fourth-order valence-electron chi connectivity index (χ4n) is 14.9. The SMILES string of the molecule is CC(C)=C[C@H](O)[C@H](O)[C@H](CO)[C@@H]1CC[C@]2(C)[C@H]3CC[C@H]4C(C)(C)[C@@H](O[C@H]5O[C@@H](CO)[C@H](O)[C@@H](O[C@@H]6O[C@H](CO)[C@H](O)[C@@H](O)[C@@H]6O)[C@@H]5O[C@@H]5O[C@H](CO)[C@@H](O)[C@H](O)[C@@H]5O)CC[C@@]4(C)[C@@H]3CC[C@@]12C. The number of ether oxygens (including phenoxy) is 6. The number of hydrogen-bond donors (Lipinski definition) is 13. The van der Waals surface area contributed by atoms with Gasteiger partial charge in [-0.05, 0) is 111 Å². The fraction of sp³-hybridized carbons (Fsp3) is 0.958. The Morgan fingerprint density at radius 3 is 1.63 bits per heavy atom. The van der Waals surface area contributed by atoms with E-state index in [0.717, 1.165) is 50.5 Å². The standard InChI is InChI=1S/C48H82O19/c1-21(2)16-26(53)32(54)22(17-49)23-10-14-48(7)25-8-9-30-45(3,4)31(12-13-46(30,5)24(25)11-15-47(23,48)6)65-44-41(67-43-39(61)37(59)34(56)28(19-51)63-43)40(35(57)29(20-52)64-44)66-42-38(60)36(58)33(55)27(18-50)62-42/h16,22-44,49-61H,8-15,17-20H2,1-7H3/t22-,23+,24-,25+,26+,27-,28-,29+,30+,31+,32-,33+,34-,35+,36-,37+,38+,39+,40-,41+,42+,43+,44-,46+,47+,48-/m1/s1. The van der Waals surface area contributed by atoms with Crippen molar-refractivity contribution in [2.45, 2.75) is 210 Å². The van der Waals surface area contributed by atoms with Crippen molar-refractivity contribution in [3.05, 3.63) is 11.6 Å². The van der Waals surface area contributed by atoms with E-state index in [9.17, 15) is 66.4 Å². The molecule has 7 rings (SSSR count). The van der Waals surface area contributed by atoms with Crippen molar-refractivity contribution in [3.8, 4) is 0 Å². The van der Waals surface area contributed by atoms with E-state index < -0.39 is 142 Å². The predicted molar refractivity (Wildman–Crippen MR) is 235 cm³/mol. The fourth-order valence-corrected chi connectivity index (χ4v) is 14.9. The zero-order valence-electron chi connectivity index (χ0n) is 40.1. The largest absolute Gasteiger partial charge is 0.396 e. The Bertz CT molecular complexity index is 1680. The lowest BCUT2D eigenvalue weighted by Crippen LogP contribution is -2.68. The minimum atomic E-state index is -1.91. The first-order valence-corrected chi connectivity index (χ1v) is 24.6. The van der Waals surface area contributed by atoms with Gasteiger partial charge < -0.3 is 94.8 Å². The molecule has 19 heteroatoms. The van der Waals surface area contributed by atoms with Gasteiger partial charge in [0.2, 0.25) is 0 Å². The van der Waals surface area contributed by atoms with Crippen molar-refractivity contribution >= 4 is 0 Å². The van der Waals surface area contributed by atoms with Crippen LogP contribution in [0.5, 0.6) is 0 Å². The van der Waals surface area contributed by atoms with E-state index in [1.165, 1.54) is 0 Å². The van der Waals surface area contributed by atoms with Gasteiger partial charge in [-0.2, -0.15) is 0 Å². The van der Waals surface area contributed by atoms with Crippen LogP contribution in [0.4, 0.5) is 0 Å². The molecule has 0 aromatic heterocycles. The highest BCUT2D eigenvalue weighted by Crippen LogP contribution is 2.75. The number of hydrogen-bond acceptors (Lipinski definition) is 19. The van der Waals surface area contributed by atoms with Crippen LogP contribution in [0.2, 0.25) is 0 Å². The zero-order valence-corrected chi connectivity index (χ0v) is 40.1. The van der Waals surface area contributed by atoms with E-state index in [4.69, 9.17) is 28.4 Å². The van der Waals surface area contributed by atoms with Gasteiger partial charge in [-0.25, -0.2) is 0 Å². The Labute approximate surface area is 393 Å². The molecule has 13 N–H and O–H groups in total. The molecule has 7 aliphatic rings. The zero-order chi connectivity index (χ0) is 49.3. The number of allylic oxidation sites excluding steroid dienone is 1. The highest BCUT2D eigenvalue weighted by Gasteiger charge is 2.69. The monoisotopic (exact) mass is 963 g/mol. The van der Waals surface area contributed by atoms with Gasteiger partial charge in [-0.15, -0.1) is 0 Å². The lowest BCUT2D eigenvalue weighted by molar-refractivity contribution is -0.399. The van der Waals surface area contributed by atoms with E-state index in [1.54, 1.807) is 6.08 Å². The number of aliphatic hydroxyl groups is 13. The van der Waals surface area contributed by atoms with Gasteiger partial charge in [0, 0.05) is 12.5 Å². The maximum atomic E-state index is 11.7. The smallest absolute Gasteiger partial charge is 0.187 e. The molecular formula is C48H82O19. The molecule has 0 unspecified atom stereocenters. The molecule has 4 aliphatic carbocycles. The summed E-state index contributed by atoms with van der Waals surface area (Å²) in [4.78, 5) is 0. The molecule has 3 heterocycles. The molecule has 0 aromatic rings. The van der Waals surface area contributed by atoms with Crippen molar-refractivity contribution in [3.63, 3.8) is 0 Å². The van der Waals surface area contributed by atoms with Crippen molar-refractivity contribution < 1.29 is 94.8 Å². The second-order valence-electron chi connectivity index (χ2n) is 22.7. The summed E-state index contributed by atoms with van der Waals surface area (Å²) >= 11 is 0. The van der Waals surface area contributed by atoms with Gasteiger partial charge in [0.15, 0.2) is 18.9 Å². The van der Waals surface area contributed by atoms with Crippen LogP contribution in [0, 0.1) is 51.2 Å². The van der Waals surface area contributed by atoms with Crippen molar-refractivity contribution in [1.82, 2.24) is 0 Å². The number of rotatable bonds is 14. The van der Waals surface area contributed by atoms with Crippen LogP contribution >= 0.6 is 0 Å². The third-order valence-electron chi connectivity index (χ3n) is 18.9. The summed E-state index contributed by atoms with van der Waals surface area (Å²) in [5.41, 5.74) is -0.0161. The van der Waals surface area contributed by atoms with Crippen LogP contribution in [-0.2, 0) is 28.4 Å². The van der Waals surface area contributed by atoms with Gasteiger partial charge in [-0.1, -0.05) is 46.3 Å². The normalized spacial score (nSPS) is 51.2. The molecular weight excluding hydrogens is 881 g/mol. The minimum absolute atomic E-state index is 0.0215. The summed E-state index contributed by atoms with van der Waals surface area (Å²) in [5.74, 6) is 0.417. The second-order valence-corrected chi connectivity index (χ2v) is 22.7. The Morgan fingerprint density at radius 1 is 0.567 bits per heavy atom. The quantitative estimate of drug-likeness (QED) is 0.0719. The van der Waals surface area contributed by atoms with Crippen molar-refractivity contribution in [2.24, 2.45) is 51.2 Å². The van der Waals surface area contributed by atoms with Crippen LogP contribution in [0.3, 0.4) is 0 Å². The third-order valence-corrected chi connectivity index (χ3v) is 18.9. The van der Waals surface area contributed by atoms with Gasteiger partial charge in [-0.3, -0.25) is 0 Å². The lowest BCUT2D eigenvalue weighted by atomic mass is 9.38. The lowest BCUT2D eigenvalue weighted by Gasteiger charge is -2.68. The number of fused-ring (bicyclic) bond motifs is 5. The minimum Gasteiger partial charge on any atom is -0.396 e. The summed E-state index contributed by atoms with van der Waals surface area (Å²) in [6, 6.07) is 0. The summed E-state index contributed by atoms with van der Waals surface area (Å²) in [6.45, 7) is 12.7. The molecule has 0 spiro atoms. The molecule has 0 bridgehead atoms. The van der Waals surface area contributed by atoms with E-state index >= 15 is 0 Å². The average molecular weight is 963 g/mol. The Hall–Kier alpha value is -1.02.